The molecule has 0 amide bonds. The molecule has 84 valence electrons. The molecule has 16 heavy (non-hydrogen) atoms. The average molecular weight is 237 g/mol. The van der Waals surface area contributed by atoms with E-state index in [1.54, 1.807) is 12.5 Å². The molecule has 0 aliphatic rings. The third kappa shape index (κ3) is 2.43. The van der Waals surface area contributed by atoms with E-state index in [1.165, 1.54) is 0 Å². The quantitative estimate of drug-likeness (QED) is 0.887. The highest BCUT2D eigenvalue weighted by Gasteiger charge is 2.15. The first kappa shape index (κ1) is 11.2. The van der Waals surface area contributed by atoms with E-state index >= 15 is 0 Å². The summed E-state index contributed by atoms with van der Waals surface area (Å²) < 4.78 is 5.09. The third-order valence-corrected chi connectivity index (χ3v) is 2.82. The lowest BCUT2D eigenvalue weighted by Crippen LogP contribution is -2.19. The average Bonchev–Trinajstić information content (AvgIpc) is 2.74. The van der Waals surface area contributed by atoms with Crippen molar-refractivity contribution >= 4 is 11.6 Å². The molecule has 2 aromatic heterocycles. The van der Waals surface area contributed by atoms with Gasteiger partial charge in [-0.05, 0) is 36.8 Å². The molecule has 3 nitrogen and oxygen atoms in total. The van der Waals surface area contributed by atoms with Crippen LogP contribution in [-0.4, -0.2) is 12.0 Å². The maximum atomic E-state index is 5.95. The summed E-state index contributed by atoms with van der Waals surface area (Å²) in [5, 5.41) is 3.65. The van der Waals surface area contributed by atoms with Gasteiger partial charge in [0, 0.05) is 29.9 Å². The van der Waals surface area contributed by atoms with E-state index in [4.69, 9.17) is 16.0 Å². The Morgan fingerprint density at radius 3 is 2.88 bits per heavy atom. The normalized spacial score (nSPS) is 12.6. The van der Waals surface area contributed by atoms with Gasteiger partial charge in [0.25, 0.3) is 0 Å². The van der Waals surface area contributed by atoms with Crippen molar-refractivity contribution in [3.63, 3.8) is 0 Å². The summed E-state index contributed by atoms with van der Waals surface area (Å²) in [6, 6.07) is 7.89. The van der Waals surface area contributed by atoms with Crippen molar-refractivity contribution in [2.45, 2.75) is 12.5 Å². The Morgan fingerprint density at radius 1 is 1.44 bits per heavy atom. The first-order chi connectivity index (χ1) is 7.81. The summed E-state index contributed by atoms with van der Waals surface area (Å²) in [7, 11) is 1.90. The first-order valence-electron chi connectivity index (χ1n) is 5.11. The number of nitrogens with zero attached hydrogens (tertiary/aromatic N) is 1. The zero-order valence-corrected chi connectivity index (χ0v) is 9.74. The minimum atomic E-state index is 0.126. The van der Waals surface area contributed by atoms with Crippen molar-refractivity contribution in [1.29, 1.82) is 0 Å². The Bertz CT molecular complexity index is 441. The molecule has 1 N–H and O–H groups in total. The standard InChI is InChI=1S/C12H13ClN2O/c1-14-11(10-5-7-16-12(10)13)8-9-4-2-3-6-15-9/h2-7,11,14H,8H2,1H3. The molecule has 0 saturated heterocycles. The molecule has 0 bridgehead atoms. The second kappa shape index (κ2) is 5.14. The molecule has 1 unspecified atom stereocenters. The third-order valence-electron chi connectivity index (χ3n) is 2.51. The van der Waals surface area contributed by atoms with Gasteiger partial charge in [0.15, 0.2) is 5.22 Å². The van der Waals surface area contributed by atoms with Crippen LogP contribution in [0.15, 0.2) is 41.1 Å². The van der Waals surface area contributed by atoms with Gasteiger partial charge >= 0.3 is 0 Å². The number of halogens is 1. The molecule has 0 aromatic carbocycles. The predicted octanol–water partition coefficient (Wildman–Crippen LogP) is 2.83. The topological polar surface area (TPSA) is 38.1 Å². The van der Waals surface area contributed by atoms with Crippen molar-refractivity contribution in [3.8, 4) is 0 Å². The van der Waals surface area contributed by atoms with Gasteiger partial charge in [-0.15, -0.1) is 0 Å². The number of likely N-dealkylation sites (N-methyl/N-ethyl adjacent to an activating group) is 1. The molecule has 0 radical (unpaired) electrons. The van der Waals surface area contributed by atoms with Crippen molar-refractivity contribution in [2.75, 3.05) is 7.05 Å². The molecule has 0 aliphatic heterocycles. The van der Waals surface area contributed by atoms with Crippen LogP contribution in [0.4, 0.5) is 0 Å². The summed E-state index contributed by atoms with van der Waals surface area (Å²) in [6.45, 7) is 0. The van der Waals surface area contributed by atoms with E-state index in [0.29, 0.717) is 5.22 Å². The number of furan rings is 1. The summed E-state index contributed by atoms with van der Waals surface area (Å²) in [5.74, 6) is 0. The fraction of sp³-hybridized carbons (Fsp3) is 0.250. The van der Waals surface area contributed by atoms with E-state index in [-0.39, 0.29) is 6.04 Å². The predicted molar refractivity (Wildman–Crippen MR) is 63.5 cm³/mol. The first-order valence-corrected chi connectivity index (χ1v) is 5.49. The Kier molecular flexibility index (Phi) is 3.59. The molecule has 0 spiro atoms. The molecule has 0 fully saturated rings. The number of hydrogen-bond donors (Lipinski definition) is 1. The molecule has 2 aromatic rings. The summed E-state index contributed by atoms with van der Waals surface area (Å²) in [4.78, 5) is 4.29. The fourth-order valence-electron chi connectivity index (χ4n) is 1.65. The number of hydrogen-bond acceptors (Lipinski definition) is 3. The van der Waals surface area contributed by atoms with E-state index in [1.807, 2.05) is 31.3 Å². The van der Waals surface area contributed by atoms with Crippen LogP contribution in [0.2, 0.25) is 5.22 Å². The van der Waals surface area contributed by atoms with Crippen molar-refractivity contribution < 1.29 is 4.42 Å². The number of pyridine rings is 1. The van der Waals surface area contributed by atoms with Crippen LogP contribution in [0.1, 0.15) is 17.3 Å². The Hall–Kier alpha value is -1.32. The monoisotopic (exact) mass is 236 g/mol. The summed E-state index contributed by atoms with van der Waals surface area (Å²) >= 11 is 5.95. The number of nitrogens with one attached hydrogen (secondary N) is 1. The second-order valence-electron chi connectivity index (χ2n) is 3.52. The molecule has 2 rings (SSSR count). The van der Waals surface area contributed by atoms with E-state index in [2.05, 4.69) is 10.3 Å². The largest absolute Gasteiger partial charge is 0.453 e. The lowest BCUT2D eigenvalue weighted by molar-refractivity contribution is 0.542. The number of aromatic nitrogens is 1. The van der Waals surface area contributed by atoms with Crippen LogP contribution in [0.3, 0.4) is 0 Å². The summed E-state index contributed by atoms with van der Waals surface area (Å²) in [5.41, 5.74) is 1.99. The minimum Gasteiger partial charge on any atom is -0.453 e. The maximum Gasteiger partial charge on any atom is 0.197 e. The molecule has 0 aliphatic carbocycles. The smallest absolute Gasteiger partial charge is 0.197 e. The molecule has 4 heteroatoms. The molecular weight excluding hydrogens is 224 g/mol. The van der Waals surface area contributed by atoms with Crippen LogP contribution in [0.25, 0.3) is 0 Å². The molecular formula is C12H13ClN2O. The van der Waals surface area contributed by atoms with E-state index in [9.17, 15) is 0 Å². The van der Waals surface area contributed by atoms with Gasteiger partial charge in [-0.25, -0.2) is 0 Å². The van der Waals surface area contributed by atoms with Crippen LogP contribution < -0.4 is 5.32 Å². The van der Waals surface area contributed by atoms with E-state index < -0.39 is 0 Å². The zero-order chi connectivity index (χ0) is 11.4. The lowest BCUT2D eigenvalue weighted by Gasteiger charge is -2.14. The molecule has 1 atom stereocenters. The Labute approximate surface area is 99.5 Å². The van der Waals surface area contributed by atoms with Gasteiger partial charge in [0.05, 0.1) is 6.26 Å². The van der Waals surface area contributed by atoms with Gasteiger partial charge in [-0.2, -0.15) is 0 Å². The van der Waals surface area contributed by atoms with Crippen molar-refractivity contribution in [3.05, 3.63) is 53.2 Å². The van der Waals surface area contributed by atoms with Crippen LogP contribution in [-0.2, 0) is 6.42 Å². The fourth-order valence-corrected chi connectivity index (χ4v) is 1.90. The lowest BCUT2D eigenvalue weighted by atomic mass is 10.1. The van der Waals surface area contributed by atoms with Gasteiger partial charge in [0.2, 0.25) is 0 Å². The Morgan fingerprint density at radius 2 is 2.31 bits per heavy atom. The molecule has 2 heterocycles. The minimum absolute atomic E-state index is 0.126. The van der Waals surface area contributed by atoms with Crippen LogP contribution in [0.5, 0.6) is 0 Å². The SMILES string of the molecule is CNC(Cc1ccccn1)c1ccoc1Cl. The zero-order valence-electron chi connectivity index (χ0n) is 8.98. The van der Waals surface area contributed by atoms with Crippen LogP contribution in [0, 0.1) is 0 Å². The van der Waals surface area contributed by atoms with Gasteiger partial charge in [-0.1, -0.05) is 6.07 Å². The molecule has 0 saturated carbocycles. The Balaban J connectivity index is 2.16. The number of rotatable bonds is 4. The highest BCUT2D eigenvalue weighted by molar-refractivity contribution is 6.29. The highest BCUT2D eigenvalue weighted by Crippen LogP contribution is 2.25. The maximum absolute atomic E-state index is 5.95. The second-order valence-corrected chi connectivity index (χ2v) is 3.86. The van der Waals surface area contributed by atoms with Crippen molar-refractivity contribution in [1.82, 2.24) is 10.3 Å². The van der Waals surface area contributed by atoms with Gasteiger partial charge in [0.1, 0.15) is 0 Å². The highest BCUT2D eigenvalue weighted by atomic mass is 35.5. The van der Waals surface area contributed by atoms with Gasteiger partial charge < -0.3 is 9.73 Å². The van der Waals surface area contributed by atoms with Crippen molar-refractivity contribution in [2.24, 2.45) is 0 Å². The van der Waals surface area contributed by atoms with Crippen LogP contribution >= 0.6 is 11.6 Å². The summed E-state index contributed by atoms with van der Waals surface area (Å²) in [6.07, 6.45) is 4.18. The van der Waals surface area contributed by atoms with E-state index in [0.717, 1.165) is 17.7 Å². The van der Waals surface area contributed by atoms with Gasteiger partial charge in [-0.3, -0.25) is 4.98 Å².